The van der Waals surface area contributed by atoms with Crippen molar-refractivity contribution in [3.63, 3.8) is 0 Å². The summed E-state index contributed by atoms with van der Waals surface area (Å²) in [5, 5.41) is 7.81. The van der Waals surface area contributed by atoms with Crippen LogP contribution in [0.1, 0.15) is 29.0 Å². The minimum atomic E-state index is -0.886. The second kappa shape index (κ2) is 6.28. The second-order valence-electron chi connectivity index (χ2n) is 6.85. The number of thiophene rings is 1. The quantitative estimate of drug-likeness (QED) is 0.678. The van der Waals surface area contributed by atoms with Crippen molar-refractivity contribution in [1.82, 2.24) is 15.2 Å². The van der Waals surface area contributed by atoms with E-state index in [9.17, 15) is 9.59 Å². The van der Waals surface area contributed by atoms with Crippen molar-refractivity contribution < 1.29 is 9.59 Å². The highest BCUT2D eigenvalue weighted by atomic mass is 32.1. The standard InChI is InChI=1S/C20H17N3O2S2/c24-18-20(9-4-7-16-15(20)8-10-26-16)22-19(25)23(18)11-14-12-27-17(21-14)13-5-2-1-3-6-13/h1-3,5-6,8,10,12H,4,7,9,11H2,(H,22,25)/t20-/m0/s1. The molecule has 7 heteroatoms. The molecule has 1 aliphatic heterocycles. The fourth-order valence-electron chi connectivity index (χ4n) is 3.94. The van der Waals surface area contributed by atoms with Gasteiger partial charge in [0, 0.05) is 21.4 Å². The van der Waals surface area contributed by atoms with Crippen molar-refractivity contribution in [3.05, 3.63) is 63.3 Å². The number of carbonyl (C=O) groups excluding carboxylic acids is 2. The van der Waals surface area contributed by atoms with Crippen molar-refractivity contribution in [2.24, 2.45) is 0 Å². The Morgan fingerprint density at radius 2 is 2.00 bits per heavy atom. The van der Waals surface area contributed by atoms with E-state index >= 15 is 0 Å². The van der Waals surface area contributed by atoms with Gasteiger partial charge in [-0.3, -0.25) is 9.69 Å². The van der Waals surface area contributed by atoms with Gasteiger partial charge in [-0.2, -0.15) is 0 Å². The molecular weight excluding hydrogens is 378 g/mol. The Hall–Kier alpha value is -2.51. The number of aryl methyl sites for hydroxylation is 1. The number of rotatable bonds is 3. The maximum absolute atomic E-state index is 13.3. The summed E-state index contributed by atoms with van der Waals surface area (Å²) >= 11 is 3.19. The maximum Gasteiger partial charge on any atom is 0.325 e. The number of hydrogen-bond acceptors (Lipinski definition) is 5. The number of aromatic nitrogens is 1. The van der Waals surface area contributed by atoms with Crippen LogP contribution in [0.2, 0.25) is 0 Å². The molecule has 0 bridgehead atoms. The minimum absolute atomic E-state index is 0.152. The SMILES string of the molecule is O=C1N[C@]2(CCCc3sccc32)C(=O)N1Cc1csc(-c2ccccc2)n1. The lowest BCUT2D eigenvalue weighted by molar-refractivity contribution is -0.132. The molecule has 1 atom stereocenters. The number of hydrogen-bond donors (Lipinski definition) is 1. The van der Waals surface area contributed by atoms with Crippen LogP contribution in [0.5, 0.6) is 0 Å². The summed E-state index contributed by atoms with van der Waals surface area (Å²) in [6.07, 6.45) is 2.54. The van der Waals surface area contributed by atoms with Gasteiger partial charge in [-0.15, -0.1) is 22.7 Å². The number of thiazole rings is 1. The van der Waals surface area contributed by atoms with E-state index in [2.05, 4.69) is 10.3 Å². The van der Waals surface area contributed by atoms with Gasteiger partial charge >= 0.3 is 6.03 Å². The number of carbonyl (C=O) groups is 2. The number of amides is 3. The predicted molar refractivity (Wildman–Crippen MR) is 106 cm³/mol. The summed E-state index contributed by atoms with van der Waals surface area (Å²) < 4.78 is 0. The normalized spacial score (nSPS) is 21.6. The van der Waals surface area contributed by atoms with Crippen molar-refractivity contribution in [1.29, 1.82) is 0 Å². The molecule has 27 heavy (non-hydrogen) atoms. The Labute approximate surface area is 164 Å². The van der Waals surface area contributed by atoms with Crippen LogP contribution >= 0.6 is 22.7 Å². The molecule has 1 aromatic carbocycles. The Morgan fingerprint density at radius 1 is 1.15 bits per heavy atom. The molecule has 1 N–H and O–H groups in total. The zero-order valence-electron chi connectivity index (χ0n) is 14.5. The van der Waals surface area contributed by atoms with E-state index in [0.717, 1.165) is 34.7 Å². The lowest BCUT2D eigenvalue weighted by atomic mass is 9.80. The van der Waals surface area contributed by atoms with Crippen molar-refractivity contribution in [3.8, 4) is 10.6 Å². The van der Waals surface area contributed by atoms with Gasteiger partial charge in [-0.05, 0) is 30.7 Å². The third-order valence-electron chi connectivity index (χ3n) is 5.23. The Morgan fingerprint density at radius 3 is 2.85 bits per heavy atom. The lowest BCUT2D eigenvalue weighted by Crippen LogP contribution is -2.46. The molecule has 5 rings (SSSR count). The molecule has 2 aliphatic rings. The molecule has 3 aromatic rings. The molecule has 1 saturated heterocycles. The van der Waals surface area contributed by atoms with Gasteiger partial charge in [-0.1, -0.05) is 30.3 Å². The summed E-state index contributed by atoms with van der Waals surface area (Å²) in [5.74, 6) is -0.152. The van der Waals surface area contributed by atoms with E-state index < -0.39 is 5.54 Å². The largest absolute Gasteiger partial charge is 0.325 e. The van der Waals surface area contributed by atoms with Gasteiger partial charge in [0.2, 0.25) is 0 Å². The van der Waals surface area contributed by atoms with Gasteiger partial charge in [0.25, 0.3) is 5.91 Å². The van der Waals surface area contributed by atoms with Crippen LogP contribution in [-0.2, 0) is 23.3 Å². The molecule has 1 fully saturated rings. The number of benzene rings is 1. The van der Waals surface area contributed by atoms with Crippen LogP contribution in [0.15, 0.2) is 47.2 Å². The molecule has 1 aliphatic carbocycles. The van der Waals surface area contributed by atoms with E-state index in [1.165, 1.54) is 21.1 Å². The number of nitrogens with zero attached hydrogens (tertiary/aromatic N) is 2. The van der Waals surface area contributed by atoms with E-state index in [4.69, 9.17) is 0 Å². The van der Waals surface area contributed by atoms with Crippen LogP contribution in [-0.4, -0.2) is 21.8 Å². The van der Waals surface area contributed by atoms with E-state index in [-0.39, 0.29) is 18.5 Å². The number of urea groups is 1. The second-order valence-corrected chi connectivity index (χ2v) is 8.71. The highest BCUT2D eigenvalue weighted by molar-refractivity contribution is 7.13. The molecule has 3 heterocycles. The first-order chi connectivity index (χ1) is 13.2. The molecule has 3 amide bonds. The Balaban J connectivity index is 1.42. The number of nitrogens with one attached hydrogen (secondary N) is 1. The van der Waals surface area contributed by atoms with Crippen molar-refractivity contribution in [2.75, 3.05) is 0 Å². The van der Waals surface area contributed by atoms with Gasteiger partial charge in [0.1, 0.15) is 10.5 Å². The highest BCUT2D eigenvalue weighted by Gasteiger charge is 2.54. The first-order valence-electron chi connectivity index (χ1n) is 8.88. The van der Waals surface area contributed by atoms with Crippen LogP contribution in [0.25, 0.3) is 10.6 Å². The molecule has 0 unspecified atom stereocenters. The minimum Gasteiger partial charge on any atom is -0.319 e. The Kier molecular flexibility index (Phi) is 3.87. The summed E-state index contributed by atoms with van der Waals surface area (Å²) in [5.41, 5.74) is 1.87. The third kappa shape index (κ3) is 2.61. The number of imide groups is 1. The fraction of sp³-hybridized carbons (Fsp3) is 0.250. The first kappa shape index (κ1) is 16.6. The highest BCUT2D eigenvalue weighted by Crippen LogP contribution is 2.42. The molecule has 136 valence electrons. The first-order valence-corrected chi connectivity index (χ1v) is 10.6. The zero-order chi connectivity index (χ0) is 18.4. The van der Waals surface area contributed by atoms with Gasteiger partial charge < -0.3 is 5.32 Å². The Bertz CT molecular complexity index is 1030. The lowest BCUT2D eigenvalue weighted by Gasteiger charge is -2.31. The summed E-state index contributed by atoms with van der Waals surface area (Å²) in [7, 11) is 0. The van der Waals surface area contributed by atoms with Crippen LogP contribution in [0.4, 0.5) is 4.79 Å². The summed E-state index contributed by atoms with van der Waals surface area (Å²) in [6.45, 7) is 0.204. The fourth-order valence-corrected chi connectivity index (χ4v) is 5.76. The molecule has 5 nitrogen and oxygen atoms in total. The molecule has 0 saturated carbocycles. The third-order valence-corrected chi connectivity index (χ3v) is 7.15. The van der Waals surface area contributed by atoms with Crippen LogP contribution in [0, 0.1) is 0 Å². The van der Waals surface area contributed by atoms with E-state index in [1.807, 2.05) is 47.2 Å². The van der Waals surface area contributed by atoms with E-state index in [0.29, 0.717) is 6.42 Å². The van der Waals surface area contributed by atoms with E-state index in [1.54, 1.807) is 11.3 Å². The summed E-state index contributed by atoms with van der Waals surface area (Å²) in [6, 6.07) is 11.6. The molecule has 0 radical (unpaired) electrons. The van der Waals surface area contributed by atoms with Crippen molar-refractivity contribution in [2.45, 2.75) is 31.3 Å². The monoisotopic (exact) mass is 395 g/mol. The van der Waals surface area contributed by atoms with Gasteiger partial charge in [0.05, 0.1) is 12.2 Å². The van der Waals surface area contributed by atoms with Gasteiger partial charge in [-0.25, -0.2) is 9.78 Å². The molecule has 1 spiro atoms. The van der Waals surface area contributed by atoms with Gasteiger partial charge in [0.15, 0.2) is 0 Å². The smallest absolute Gasteiger partial charge is 0.319 e. The van der Waals surface area contributed by atoms with Crippen LogP contribution < -0.4 is 5.32 Å². The topological polar surface area (TPSA) is 62.3 Å². The molecule has 2 aromatic heterocycles. The predicted octanol–water partition coefficient (Wildman–Crippen LogP) is 4.16. The summed E-state index contributed by atoms with van der Waals surface area (Å²) in [4.78, 5) is 33.1. The maximum atomic E-state index is 13.3. The van der Waals surface area contributed by atoms with Crippen LogP contribution in [0.3, 0.4) is 0 Å². The van der Waals surface area contributed by atoms with Crippen molar-refractivity contribution >= 4 is 34.6 Å². The number of fused-ring (bicyclic) bond motifs is 2. The zero-order valence-corrected chi connectivity index (χ0v) is 16.1. The average Bonchev–Trinajstić information content (AvgIpc) is 3.40. The molecular formula is C20H17N3O2S2. The average molecular weight is 396 g/mol.